The molecule has 0 aliphatic heterocycles. The van der Waals surface area contributed by atoms with Gasteiger partial charge in [0.1, 0.15) is 5.69 Å². The largest absolute Gasteiger partial charge is 0.491 e. The molecular formula is C14H17NO4. The number of carboxylic acid groups (broad SMARTS) is 1. The molecule has 1 heterocycles. The van der Waals surface area contributed by atoms with E-state index in [1.807, 2.05) is 0 Å². The Kier molecular flexibility index (Phi) is 4.04. The lowest BCUT2D eigenvalue weighted by atomic mass is 9.94. The Bertz CT molecular complexity index is 559. The SMILES string of the molecule is COc1cn(CC2CC=CCC2)c(C(=O)O)cc1=O. The van der Waals surface area contributed by atoms with Crippen LogP contribution in [0.2, 0.25) is 0 Å². The molecule has 19 heavy (non-hydrogen) atoms. The van der Waals surface area contributed by atoms with Crippen molar-refractivity contribution in [3.8, 4) is 5.75 Å². The topological polar surface area (TPSA) is 68.5 Å². The predicted octanol–water partition coefficient (Wildman–Crippen LogP) is 1.91. The molecule has 1 aliphatic carbocycles. The summed E-state index contributed by atoms with van der Waals surface area (Å²) in [7, 11) is 1.41. The molecule has 1 N–H and O–H groups in total. The van der Waals surface area contributed by atoms with E-state index in [4.69, 9.17) is 9.84 Å². The van der Waals surface area contributed by atoms with Crippen LogP contribution < -0.4 is 10.2 Å². The molecule has 5 heteroatoms. The fourth-order valence-electron chi connectivity index (χ4n) is 2.34. The number of carbonyl (C=O) groups is 1. The fraction of sp³-hybridized carbons (Fsp3) is 0.429. The summed E-state index contributed by atoms with van der Waals surface area (Å²) in [6, 6.07) is 1.12. The Morgan fingerprint density at radius 1 is 1.53 bits per heavy atom. The van der Waals surface area contributed by atoms with Crippen molar-refractivity contribution >= 4 is 5.97 Å². The van der Waals surface area contributed by atoms with Crippen molar-refractivity contribution in [2.75, 3.05) is 7.11 Å². The van der Waals surface area contributed by atoms with Crippen LogP contribution in [0.15, 0.2) is 29.2 Å². The van der Waals surface area contributed by atoms with Crippen LogP contribution in [-0.4, -0.2) is 22.8 Å². The summed E-state index contributed by atoms with van der Waals surface area (Å²) < 4.78 is 6.57. The molecule has 0 amide bonds. The highest BCUT2D eigenvalue weighted by Crippen LogP contribution is 2.21. The third-order valence-electron chi connectivity index (χ3n) is 3.36. The zero-order valence-corrected chi connectivity index (χ0v) is 10.8. The number of ether oxygens (including phenoxy) is 1. The van der Waals surface area contributed by atoms with Crippen LogP contribution in [-0.2, 0) is 6.54 Å². The molecule has 1 aromatic heterocycles. The smallest absolute Gasteiger partial charge is 0.352 e. The summed E-state index contributed by atoms with van der Waals surface area (Å²) in [6.07, 6.45) is 8.74. The molecule has 0 spiro atoms. The number of carboxylic acids is 1. The molecule has 0 saturated carbocycles. The van der Waals surface area contributed by atoms with E-state index >= 15 is 0 Å². The first kappa shape index (κ1) is 13.4. The van der Waals surface area contributed by atoms with Crippen LogP contribution in [0.5, 0.6) is 5.75 Å². The van der Waals surface area contributed by atoms with Crippen molar-refractivity contribution in [2.24, 2.45) is 5.92 Å². The van der Waals surface area contributed by atoms with Gasteiger partial charge in [-0.15, -0.1) is 0 Å². The van der Waals surface area contributed by atoms with Gasteiger partial charge in [-0.1, -0.05) is 12.2 Å². The molecule has 0 radical (unpaired) electrons. The third kappa shape index (κ3) is 3.05. The van der Waals surface area contributed by atoms with Gasteiger partial charge < -0.3 is 14.4 Å². The number of hydrogen-bond acceptors (Lipinski definition) is 3. The van der Waals surface area contributed by atoms with Gasteiger partial charge in [0, 0.05) is 12.6 Å². The Balaban J connectivity index is 2.33. The number of aromatic carboxylic acids is 1. The van der Waals surface area contributed by atoms with Gasteiger partial charge in [-0.3, -0.25) is 4.79 Å². The minimum Gasteiger partial charge on any atom is -0.491 e. The van der Waals surface area contributed by atoms with Gasteiger partial charge in [-0.05, 0) is 25.2 Å². The Morgan fingerprint density at radius 3 is 2.89 bits per heavy atom. The number of nitrogens with zero attached hydrogens (tertiary/aromatic N) is 1. The highest BCUT2D eigenvalue weighted by Gasteiger charge is 2.17. The quantitative estimate of drug-likeness (QED) is 0.842. The van der Waals surface area contributed by atoms with E-state index < -0.39 is 11.4 Å². The number of methoxy groups -OCH3 is 1. The van der Waals surface area contributed by atoms with Crippen LogP contribution in [0.4, 0.5) is 0 Å². The van der Waals surface area contributed by atoms with E-state index in [0.29, 0.717) is 12.5 Å². The van der Waals surface area contributed by atoms with Crippen molar-refractivity contribution < 1.29 is 14.6 Å². The molecule has 2 rings (SSSR count). The second-order valence-electron chi connectivity index (χ2n) is 4.70. The van der Waals surface area contributed by atoms with Crippen LogP contribution in [0, 0.1) is 5.92 Å². The molecule has 0 bridgehead atoms. The second-order valence-corrected chi connectivity index (χ2v) is 4.70. The fourth-order valence-corrected chi connectivity index (χ4v) is 2.34. The molecule has 1 aliphatic rings. The first-order valence-corrected chi connectivity index (χ1v) is 6.28. The van der Waals surface area contributed by atoms with E-state index in [-0.39, 0.29) is 11.4 Å². The van der Waals surface area contributed by atoms with Gasteiger partial charge >= 0.3 is 5.97 Å². The lowest BCUT2D eigenvalue weighted by Gasteiger charge is -2.21. The minimum absolute atomic E-state index is 0.0142. The zero-order valence-electron chi connectivity index (χ0n) is 10.8. The maximum Gasteiger partial charge on any atom is 0.352 e. The second kappa shape index (κ2) is 5.73. The normalized spacial score (nSPS) is 18.3. The van der Waals surface area contributed by atoms with Gasteiger partial charge in [-0.25, -0.2) is 4.79 Å². The van der Waals surface area contributed by atoms with Crippen molar-refractivity contribution in [1.82, 2.24) is 4.57 Å². The molecule has 102 valence electrons. The lowest BCUT2D eigenvalue weighted by Crippen LogP contribution is -2.21. The van der Waals surface area contributed by atoms with Gasteiger partial charge in [0.05, 0.1) is 13.3 Å². The van der Waals surface area contributed by atoms with Gasteiger partial charge in [-0.2, -0.15) is 0 Å². The van der Waals surface area contributed by atoms with Crippen LogP contribution in [0.3, 0.4) is 0 Å². The standard InChI is InChI=1S/C14H17NO4/c1-19-13-9-15(8-10-5-3-2-4-6-10)11(14(17)18)7-12(13)16/h2-3,7,9-10H,4-6,8H2,1H3,(H,17,18). The van der Waals surface area contributed by atoms with Gasteiger partial charge in [0.25, 0.3) is 0 Å². The summed E-state index contributed by atoms with van der Waals surface area (Å²) in [6.45, 7) is 0.586. The first-order valence-electron chi connectivity index (χ1n) is 6.28. The van der Waals surface area contributed by atoms with Crippen molar-refractivity contribution in [2.45, 2.75) is 25.8 Å². The minimum atomic E-state index is -1.09. The van der Waals surface area contributed by atoms with Crippen molar-refractivity contribution in [3.05, 3.63) is 40.3 Å². The number of aromatic nitrogens is 1. The number of rotatable bonds is 4. The van der Waals surface area contributed by atoms with E-state index in [1.54, 1.807) is 4.57 Å². The van der Waals surface area contributed by atoms with E-state index in [9.17, 15) is 9.59 Å². The van der Waals surface area contributed by atoms with E-state index in [2.05, 4.69) is 12.2 Å². The van der Waals surface area contributed by atoms with E-state index in [1.165, 1.54) is 13.3 Å². The van der Waals surface area contributed by atoms with Crippen molar-refractivity contribution in [3.63, 3.8) is 0 Å². The Hall–Kier alpha value is -2.04. The molecule has 0 saturated heterocycles. The third-order valence-corrected chi connectivity index (χ3v) is 3.36. The highest BCUT2D eigenvalue weighted by molar-refractivity contribution is 5.85. The monoisotopic (exact) mass is 263 g/mol. The number of pyridine rings is 1. The molecule has 0 fully saturated rings. The summed E-state index contributed by atoms with van der Waals surface area (Å²) >= 11 is 0. The van der Waals surface area contributed by atoms with Crippen molar-refractivity contribution in [1.29, 1.82) is 0 Å². The molecule has 1 aromatic rings. The zero-order chi connectivity index (χ0) is 13.8. The summed E-state index contributed by atoms with van der Waals surface area (Å²) in [5, 5.41) is 9.17. The van der Waals surface area contributed by atoms with E-state index in [0.717, 1.165) is 25.3 Å². The molecule has 0 aromatic carbocycles. The highest BCUT2D eigenvalue weighted by atomic mass is 16.5. The van der Waals surface area contributed by atoms with Gasteiger partial charge in [0.15, 0.2) is 5.75 Å². The lowest BCUT2D eigenvalue weighted by molar-refractivity contribution is 0.0682. The Morgan fingerprint density at radius 2 is 2.32 bits per heavy atom. The molecule has 1 atom stereocenters. The summed E-state index contributed by atoms with van der Waals surface area (Å²) in [4.78, 5) is 22.8. The van der Waals surface area contributed by atoms with Crippen LogP contribution in [0.25, 0.3) is 0 Å². The Labute approximate surface area is 111 Å². The average molecular weight is 263 g/mol. The summed E-state index contributed by atoms with van der Waals surface area (Å²) in [5.74, 6) is -0.516. The summed E-state index contributed by atoms with van der Waals surface area (Å²) in [5.41, 5.74) is -0.389. The maximum atomic E-state index is 11.6. The van der Waals surface area contributed by atoms with Crippen LogP contribution in [0.1, 0.15) is 29.8 Å². The molecule has 5 nitrogen and oxygen atoms in total. The maximum absolute atomic E-state index is 11.6. The first-order chi connectivity index (χ1) is 9.11. The molecular weight excluding hydrogens is 246 g/mol. The van der Waals surface area contributed by atoms with Gasteiger partial charge in [0.2, 0.25) is 5.43 Å². The van der Waals surface area contributed by atoms with Crippen LogP contribution >= 0.6 is 0 Å². The molecule has 1 unspecified atom stereocenters. The predicted molar refractivity (Wildman–Crippen MR) is 70.7 cm³/mol. The number of allylic oxidation sites excluding steroid dienone is 2. The number of hydrogen-bond donors (Lipinski definition) is 1. The average Bonchev–Trinajstić information content (AvgIpc) is 2.41.